The first-order valence-electron chi connectivity index (χ1n) is 13.0. The molecule has 0 saturated carbocycles. The summed E-state index contributed by atoms with van der Waals surface area (Å²) in [5.74, 6) is -1.77. The van der Waals surface area contributed by atoms with Gasteiger partial charge in [0.25, 0.3) is 0 Å². The van der Waals surface area contributed by atoms with Crippen molar-refractivity contribution in [1.82, 2.24) is 19.6 Å². The van der Waals surface area contributed by atoms with E-state index >= 15 is 0 Å². The minimum atomic E-state index is -1.55. The molecule has 2 aromatic heterocycles. The highest BCUT2D eigenvalue weighted by atomic mass is 35.5. The number of nitrogens with one attached hydrogen (secondary N) is 1. The average Bonchev–Trinajstić information content (AvgIpc) is 3.26. The fraction of sp³-hybridized carbons (Fsp3) is 0.448. The van der Waals surface area contributed by atoms with Gasteiger partial charge in [0, 0.05) is 55.2 Å². The molecular weight excluding hydrogens is 542 g/mol. The summed E-state index contributed by atoms with van der Waals surface area (Å²) in [4.78, 5) is 11.4. The smallest absolute Gasteiger partial charge is 0.145 e. The van der Waals surface area contributed by atoms with Crippen LogP contribution in [0.5, 0.6) is 0 Å². The standard InChI is InChI=1S/C29H33ClF2N4O2S/c1-27(2,3)39(37)35-28(4,21-13-23(31)26(30)24(32)14-21)25-6-5-19(15-34-25)17-36-11-8-29(9-12-36)22-16-33-10-7-20(22)18-38-29/h5-7,10,13-16,35H,8-9,11-12,17-18H2,1-4H3/t28-,39+/m0/s1. The van der Waals surface area contributed by atoms with Crippen LogP contribution in [0.3, 0.4) is 0 Å². The summed E-state index contributed by atoms with van der Waals surface area (Å²) in [6.07, 6.45) is 7.32. The largest absolute Gasteiger partial charge is 0.598 e. The summed E-state index contributed by atoms with van der Waals surface area (Å²) >= 11 is 4.19. The Morgan fingerprint density at radius 3 is 2.41 bits per heavy atom. The lowest BCUT2D eigenvalue weighted by atomic mass is 9.84. The van der Waals surface area contributed by atoms with Crippen LogP contribution >= 0.6 is 11.6 Å². The molecule has 0 bridgehead atoms. The van der Waals surface area contributed by atoms with Crippen molar-refractivity contribution in [1.29, 1.82) is 0 Å². The third kappa shape index (κ3) is 5.58. The highest BCUT2D eigenvalue weighted by Crippen LogP contribution is 2.44. The lowest BCUT2D eigenvalue weighted by Crippen LogP contribution is -2.51. The minimum Gasteiger partial charge on any atom is -0.598 e. The SMILES string of the molecule is CC(C)(C)[S@@+]([O-])N[C@@](C)(c1cc(F)c(Cl)c(F)c1)c1ccc(CN2CCC3(CC2)OCc2ccncc23)cn1. The first kappa shape index (κ1) is 28.4. The number of piperidine rings is 1. The van der Waals surface area contributed by atoms with Crippen molar-refractivity contribution in [3.63, 3.8) is 0 Å². The normalized spacial score (nSPS) is 19.6. The highest BCUT2D eigenvalue weighted by Gasteiger charge is 2.43. The Labute approximate surface area is 236 Å². The number of nitrogens with zero attached hydrogens (tertiary/aromatic N) is 3. The van der Waals surface area contributed by atoms with Gasteiger partial charge in [-0.15, -0.1) is 4.72 Å². The lowest BCUT2D eigenvalue weighted by Gasteiger charge is -2.39. The minimum absolute atomic E-state index is 0.243. The first-order chi connectivity index (χ1) is 18.4. The summed E-state index contributed by atoms with van der Waals surface area (Å²) in [6.45, 7) is 10.3. The zero-order chi connectivity index (χ0) is 28.0. The van der Waals surface area contributed by atoms with Crippen LogP contribution in [0, 0.1) is 11.6 Å². The van der Waals surface area contributed by atoms with E-state index in [1.165, 1.54) is 11.1 Å². The second-order valence-electron chi connectivity index (χ2n) is 11.5. The number of hydrogen-bond acceptors (Lipinski definition) is 6. The van der Waals surface area contributed by atoms with Crippen molar-refractivity contribution >= 4 is 23.0 Å². The van der Waals surface area contributed by atoms with E-state index in [2.05, 4.69) is 19.6 Å². The Morgan fingerprint density at radius 2 is 1.79 bits per heavy atom. The van der Waals surface area contributed by atoms with Crippen molar-refractivity contribution in [2.24, 2.45) is 0 Å². The molecule has 5 rings (SSSR count). The van der Waals surface area contributed by atoms with Crippen LogP contribution in [-0.2, 0) is 40.4 Å². The Kier molecular flexibility index (Phi) is 7.78. The van der Waals surface area contributed by atoms with Crippen molar-refractivity contribution in [2.75, 3.05) is 13.1 Å². The number of likely N-dealkylation sites (tertiary alicyclic amines) is 1. The van der Waals surface area contributed by atoms with Gasteiger partial charge in [-0.2, -0.15) is 0 Å². The summed E-state index contributed by atoms with van der Waals surface area (Å²) in [5, 5.41) is -0.576. The molecule has 39 heavy (non-hydrogen) atoms. The number of rotatable bonds is 6. The number of hydrogen-bond donors (Lipinski definition) is 1. The molecule has 2 aliphatic heterocycles. The molecule has 0 aliphatic carbocycles. The number of pyridine rings is 2. The molecule has 1 spiro atoms. The maximum Gasteiger partial charge on any atom is 0.145 e. The third-order valence-corrected chi connectivity index (χ3v) is 9.79. The zero-order valence-corrected chi connectivity index (χ0v) is 24.1. The third-order valence-electron chi connectivity index (χ3n) is 7.73. The quantitative estimate of drug-likeness (QED) is 0.299. The molecule has 4 heterocycles. The van der Waals surface area contributed by atoms with Gasteiger partial charge < -0.3 is 9.29 Å². The fourth-order valence-electron chi connectivity index (χ4n) is 5.25. The van der Waals surface area contributed by atoms with Crippen molar-refractivity contribution in [3.05, 3.63) is 93.5 Å². The zero-order valence-electron chi connectivity index (χ0n) is 22.6. The second-order valence-corrected chi connectivity index (χ2v) is 13.8. The van der Waals surface area contributed by atoms with E-state index < -0.39 is 38.3 Å². The van der Waals surface area contributed by atoms with Gasteiger partial charge in [-0.1, -0.05) is 17.7 Å². The number of aromatic nitrogens is 2. The first-order valence-corrected chi connectivity index (χ1v) is 14.5. The van der Waals surface area contributed by atoms with E-state index in [1.54, 1.807) is 13.1 Å². The lowest BCUT2D eigenvalue weighted by molar-refractivity contribution is -0.0800. The van der Waals surface area contributed by atoms with E-state index in [-0.39, 0.29) is 11.2 Å². The molecule has 0 amide bonds. The van der Waals surface area contributed by atoms with E-state index in [9.17, 15) is 13.3 Å². The molecule has 2 aliphatic rings. The van der Waals surface area contributed by atoms with Gasteiger partial charge in [-0.25, -0.2) is 8.78 Å². The maximum absolute atomic E-state index is 14.5. The van der Waals surface area contributed by atoms with Crippen LogP contribution in [0.2, 0.25) is 5.02 Å². The van der Waals surface area contributed by atoms with Crippen LogP contribution in [0.1, 0.15) is 68.5 Å². The van der Waals surface area contributed by atoms with E-state index in [0.29, 0.717) is 18.8 Å². The van der Waals surface area contributed by atoms with Crippen LogP contribution in [0.25, 0.3) is 0 Å². The van der Waals surface area contributed by atoms with Gasteiger partial charge in [0.1, 0.15) is 26.9 Å². The molecule has 10 heteroatoms. The van der Waals surface area contributed by atoms with Crippen LogP contribution in [-0.4, -0.2) is 37.3 Å². The predicted octanol–water partition coefficient (Wildman–Crippen LogP) is 5.75. The highest BCUT2D eigenvalue weighted by molar-refractivity contribution is 7.90. The van der Waals surface area contributed by atoms with E-state index in [1.807, 2.05) is 51.4 Å². The predicted molar refractivity (Wildman–Crippen MR) is 148 cm³/mol. The van der Waals surface area contributed by atoms with Crippen molar-refractivity contribution < 1.29 is 18.1 Å². The number of halogens is 3. The molecule has 0 radical (unpaired) electrons. The number of ether oxygens (including phenoxy) is 1. The second kappa shape index (κ2) is 10.7. The summed E-state index contributed by atoms with van der Waals surface area (Å²) in [6, 6.07) is 8.14. The molecule has 6 nitrogen and oxygen atoms in total. The molecule has 3 aromatic rings. The number of fused-ring (bicyclic) bond motifs is 2. The monoisotopic (exact) mass is 574 g/mol. The summed E-state index contributed by atoms with van der Waals surface area (Å²) in [5.41, 5.74) is 2.70. The maximum atomic E-state index is 14.5. The molecular formula is C29H33ClF2N4O2S. The summed E-state index contributed by atoms with van der Waals surface area (Å²) in [7, 11) is 0. The van der Waals surface area contributed by atoms with E-state index in [0.717, 1.165) is 43.6 Å². The van der Waals surface area contributed by atoms with Gasteiger partial charge in [0.2, 0.25) is 0 Å². The van der Waals surface area contributed by atoms with Gasteiger partial charge >= 0.3 is 0 Å². The van der Waals surface area contributed by atoms with Crippen molar-refractivity contribution in [2.45, 2.75) is 69.6 Å². The Morgan fingerprint density at radius 1 is 1.10 bits per heavy atom. The Bertz CT molecular complexity index is 1320. The van der Waals surface area contributed by atoms with Crippen LogP contribution in [0.4, 0.5) is 8.78 Å². The van der Waals surface area contributed by atoms with Gasteiger partial charge in [-0.3, -0.25) is 14.9 Å². The Hall–Kier alpha value is -2.14. The van der Waals surface area contributed by atoms with Crippen molar-refractivity contribution in [3.8, 4) is 0 Å². The molecule has 1 fully saturated rings. The topological polar surface area (TPSA) is 73.3 Å². The molecule has 1 aromatic carbocycles. The molecule has 1 N–H and O–H groups in total. The molecule has 1 saturated heterocycles. The summed E-state index contributed by atoms with van der Waals surface area (Å²) < 4.78 is 50.8. The Balaban J connectivity index is 1.34. The fourth-order valence-corrected chi connectivity index (χ4v) is 6.26. The van der Waals surface area contributed by atoms with Gasteiger partial charge in [-0.05, 0) is 81.5 Å². The van der Waals surface area contributed by atoms with Crippen LogP contribution < -0.4 is 4.72 Å². The molecule has 208 valence electrons. The average molecular weight is 575 g/mol. The van der Waals surface area contributed by atoms with Gasteiger partial charge in [0.05, 0.1) is 17.9 Å². The van der Waals surface area contributed by atoms with Crippen LogP contribution in [0.15, 0.2) is 48.9 Å². The molecule has 2 atom stereocenters. The molecule has 0 unspecified atom stereocenters. The van der Waals surface area contributed by atoms with Gasteiger partial charge in [0.15, 0.2) is 0 Å². The van der Waals surface area contributed by atoms with E-state index in [4.69, 9.17) is 16.3 Å². The number of benzene rings is 1.